The first-order valence-electron chi connectivity index (χ1n) is 6.87. The molecule has 0 radical (unpaired) electrons. The molecule has 3 rings (SSSR count). The van der Waals surface area contributed by atoms with Gasteiger partial charge < -0.3 is 0 Å². The maximum atomic E-state index is 12.9. The van der Waals surface area contributed by atoms with Crippen LogP contribution in [0.25, 0.3) is 0 Å². The number of halogens is 3. The second-order valence-corrected chi connectivity index (χ2v) is 6.07. The lowest BCUT2D eigenvalue weighted by Crippen LogP contribution is -2.18. The molecular formula is C15H11F3N2O2S. The summed E-state index contributed by atoms with van der Waals surface area (Å²) in [6.07, 6.45) is -2.86. The van der Waals surface area contributed by atoms with Gasteiger partial charge in [0.15, 0.2) is 10.9 Å². The van der Waals surface area contributed by atoms with E-state index in [4.69, 9.17) is 0 Å². The number of fused-ring (bicyclic) bond motifs is 1. The molecule has 0 saturated carbocycles. The van der Waals surface area contributed by atoms with E-state index in [0.29, 0.717) is 29.8 Å². The maximum Gasteiger partial charge on any atom is 0.417 e. The number of nitrogens with zero attached hydrogens (tertiary/aromatic N) is 1. The minimum absolute atomic E-state index is 0.0417. The van der Waals surface area contributed by atoms with E-state index in [1.165, 1.54) is 12.1 Å². The molecule has 2 aromatic rings. The van der Waals surface area contributed by atoms with Crippen LogP contribution in [0.5, 0.6) is 0 Å². The molecule has 0 fully saturated rings. The van der Waals surface area contributed by atoms with Gasteiger partial charge in [-0.25, -0.2) is 4.98 Å². The van der Waals surface area contributed by atoms with Gasteiger partial charge in [0.1, 0.15) is 0 Å². The lowest BCUT2D eigenvalue weighted by Gasteiger charge is -2.11. The number of benzene rings is 1. The number of hydrogen-bond acceptors (Lipinski definition) is 4. The zero-order chi connectivity index (χ0) is 16.6. The number of anilines is 1. The summed E-state index contributed by atoms with van der Waals surface area (Å²) in [5, 5.41) is 2.51. The highest BCUT2D eigenvalue weighted by Gasteiger charge is 2.35. The van der Waals surface area contributed by atoms with Crippen molar-refractivity contribution in [1.82, 2.24) is 4.98 Å². The van der Waals surface area contributed by atoms with Gasteiger partial charge in [-0.1, -0.05) is 23.5 Å². The fourth-order valence-electron chi connectivity index (χ4n) is 2.42. The van der Waals surface area contributed by atoms with Gasteiger partial charge in [0.05, 0.1) is 21.7 Å². The third-order valence-corrected chi connectivity index (χ3v) is 4.52. The highest BCUT2D eigenvalue weighted by atomic mass is 32.1. The zero-order valence-electron chi connectivity index (χ0n) is 11.7. The van der Waals surface area contributed by atoms with Crippen LogP contribution in [0, 0.1) is 0 Å². The summed E-state index contributed by atoms with van der Waals surface area (Å²) in [5.74, 6) is -0.934. The molecule has 0 atom stereocenters. The molecule has 1 N–H and O–H groups in total. The standard InChI is InChI=1S/C15H11F3N2O2S/c16-15(17,18)9-5-2-1-4-8(9)13(22)20-14-19-10-6-3-7-11(21)12(10)23-14/h1-2,4-5H,3,6-7H2,(H,19,20,22). The van der Waals surface area contributed by atoms with E-state index in [0.717, 1.165) is 23.5 Å². The quantitative estimate of drug-likeness (QED) is 0.901. The molecule has 1 amide bonds. The van der Waals surface area contributed by atoms with Crippen molar-refractivity contribution >= 4 is 28.2 Å². The Bertz CT molecular complexity index is 783. The van der Waals surface area contributed by atoms with E-state index in [1.807, 2.05) is 0 Å². The normalized spacial score (nSPS) is 14.5. The molecule has 0 aliphatic heterocycles. The number of alkyl halides is 3. The number of Topliss-reactive ketones (excluding diaryl/α,β-unsaturated/α-hetero) is 1. The first kappa shape index (κ1) is 15.7. The average Bonchev–Trinajstić information content (AvgIpc) is 2.90. The number of carbonyl (C=O) groups excluding carboxylic acids is 2. The van der Waals surface area contributed by atoms with Crippen molar-refractivity contribution in [3.8, 4) is 0 Å². The second-order valence-electron chi connectivity index (χ2n) is 5.07. The van der Waals surface area contributed by atoms with Crippen molar-refractivity contribution in [2.24, 2.45) is 0 Å². The summed E-state index contributed by atoms with van der Waals surface area (Å²) in [7, 11) is 0. The van der Waals surface area contributed by atoms with E-state index < -0.39 is 23.2 Å². The summed E-state index contributed by atoms with van der Waals surface area (Å²) in [4.78, 5) is 28.5. The number of hydrogen-bond donors (Lipinski definition) is 1. The van der Waals surface area contributed by atoms with Crippen LogP contribution in [0.4, 0.5) is 18.3 Å². The average molecular weight is 340 g/mol. The number of thiazole rings is 1. The van der Waals surface area contributed by atoms with Crippen LogP contribution in [0.2, 0.25) is 0 Å². The molecule has 0 bridgehead atoms. The molecule has 23 heavy (non-hydrogen) atoms. The second kappa shape index (κ2) is 5.77. The fraction of sp³-hybridized carbons (Fsp3) is 0.267. The number of aromatic nitrogens is 1. The molecule has 1 aromatic carbocycles. The maximum absolute atomic E-state index is 12.9. The molecule has 1 aromatic heterocycles. The van der Waals surface area contributed by atoms with Crippen molar-refractivity contribution in [3.63, 3.8) is 0 Å². The van der Waals surface area contributed by atoms with Gasteiger partial charge in [0, 0.05) is 6.42 Å². The number of amides is 1. The monoisotopic (exact) mass is 340 g/mol. The van der Waals surface area contributed by atoms with Gasteiger partial charge in [0.2, 0.25) is 0 Å². The minimum Gasteiger partial charge on any atom is -0.298 e. The summed E-state index contributed by atoms with van der Waals surface area (Å²) in [6.45, 7) is 0. The topological polar surface area (TPSA) is 59.1 Å². The van der Waals surface area contributed by atoms with Crippen LogP contribution in [-0.2, 0) is 12.6 Å². The van der Waals surface area contributed by atoms with Crippen LogP contribution >= 0.6 is 11.3 Å². The summed E-state index contributed by atoms with van der Waals surface area (Å²) in [6, 6.07) is 4.54. The van der Waals surface area contributed by atoms with E-state index in [2.05, 4.69) is 10.3 Å². The van der Waals surface area contributed by atoms with Crippen molar-refractivity contribution in [1.29, 1.82) is 0 Å². The predicted octanol–water partition coefficient (Wildman–Crippen LogP) is 3.93. The zero-order valence-corrected chi connectivity index (χ0v) is 12.6. The summed E-state index contributed by atoms with van der Waals surface area (Å²) >= 11 is 1.01. The van der Waals surface area contributed by atoms with Gasteiger partial charge in [-0.2, -0.15) is 13.2 Å². The summed E-state index contributed by atoms with van der Waals surface area (Å²) < 4.78 is 38.8. The van der Waals surface area contributed by atoms with Gasteiger partial charge >= 0.3 is 6.18 Å². The molecule has 1 aliphatic rings. The van der Waals surface area contributed by atoms with E-state index in [-0.39, 0.29) is 10.9 Å². The Kier molecular flexibility index (Phi) is 3.93. The Morgan fingerprint density at radius 3 is 2.65 bits per heavy atom. The number of ketones is 1. The number of nitrogens with one attached hydrogen (secondary N) is 1. The predicted molar refractivity (Wildman–Crippen MR) is 78.8 cm³/mol. The van der Waals surface area contributed by atoms with Crippen LogP contribution in [-0.4, -0.2) is 16.7 Å². The first-order chi connectivity index (χ1) is 10.9. The highest BCUT2D eigenvalue weighted by Crippen LogP contribution is 2.33. The first-order valence-corrected chi connectivity index (χ1v) is 7.68. The van der Waals surface area contributed by atoms with Crippen LogP contribution in [0.15, 0.2) is 24.3 Å². The van der Waals surface area contributed by atoms with E-state index in [1.54, 1.807) is 0 Å². The van der Waals surface area contributed by atoms with Gasteiger partial charge in [0.25, 0.3) is 5.91 Å². The Balaban J connectivity index is 1.87. The molecule has 0 saturated heterocycles. The Morgan fingerprint density at radius 2 is 1.96 bits per heavy atom. The Labute approximate surface area is 133 Å². The largest absolute Gasteiger partial charge is 0.417 e. The number of rotatable bonds is 2. The van der Waals surface area contributed by atoms with Crippen LogP contribution in [0.1, 0.15) is 44.1 Å². The lowest BCUT2D eigenvalue weighted by molar-refractivity contribution is -0.137. The molecule has 8 heteroatoms. The molecule has 0 spiro atoms. The molecule has 120 valence electrons. The van der Waals surface area contributed by atoms with Crippen molar-refractivity contribution in [3.05, 3.63) is 46.0 Å². The van der Waals surface area contributed by atoms with Gasteiger partial charge in [-0.15, -0.1) is 0 Å². The Morgan fingerprint density at radius 1 is 1.22 bits per heavy atom. The third-order valence-electron chi connectivity index (χ3n) is 3.47. The SMILES string of the molecule is O=C(Nc1nc2c(s1)C(=O)CCC2)c1ccccc1C(F)(F)F. The fourth-order valence-corrected chi connectivity index (χ4v) is 3.39. The molecule has 1 aliphatic carbocycles. The van der Waals surface area contributed by atoms with E-state index >= 15 is 0 Å². The third kappa shape index (κ3) is 3.12. The van der Waals surface area contributed by atoms with Crippen molar-refractivity contribution in [2.75, 3.05) is 5.32 Å². The van der Waals surface area contributed by atoms with E-state index in [9.17, 15) is 22.8 Å². The number of aryl methyl sites for hydroxylation is 1. The molecular weight excluding hydrogens is 329 g/mol. The highest BCUT2D eigenvalue weighted by molar-refractivity contribution is 7.17. The van der Waals surface area contributed by atoms with Crippen LogP contribution in [0.3, 0.4) is 0 Å². The van der Waals surface area contributed by atoms with Crippen molar-refractivity contribution in [2.45, 2.75) is 25.4 Å². The summed E-state index contributed by atoms with van der Waals surface area (Å²) in [5.41, 5.74) is -0.875. The lowest BCUT2D eigenvalue weighted by atomic mass is 10.0. The Hall–Kier alpha value is -2.22. The molecule has 4 nitrogen and oxygen atoms in total. The minimum atomic E-state index is -4.62. The molecule has 0 unspecified atom stereocenters. The van der Waals surface area contributed by atoms with Gasteiger partial charge in [-0.3, -0.25) is 14.9 Å². The molecule has 1 heterocycles. The van der Waals surface area contributed by atoms with Gasteiger partial charge in [-0.05, 0) is 25.0 Å². The smallest absolute Gasteiger partial charge is 0.298 e. The van der Waals surface area contributed by atoms with Crippen molar-refractivity contribution < 1.29 is 22.8 Å². The number of carbonyl (C=O) groups is 2. The van der Waals surface area contributed by atoms with Crippen LogP contribution < -0.4 is 5.32 Å².